The molecule has 0 aliphatic carbocycles. The molecule has 3 aromatic rings. The Hall–Kier alpha value is -3.39. The highest BCUT2D eigenvalue weighted by Gasteiger charge is 2.23. The largest absolute Gasteiger partial charge is 0.507 e. The number of aromatic amines is 1. The first-order valence-corrected chi connectivity index (χ1v) is 8.51. The molecule has 1 aliphatic heterocycles. The van der Waals surface area contributed by atoms with Crippen LogP contribution in [0.25, 0.3) is 11.5 Å². The third kappa shape index (κ3) is 3.34. The Bertz CT molecular complexity index is 1050. The minimum absolute atomic E-state index is 0.0934. The van der Waals surface area contributed by atoms with Gasteiger partial charge in [-0.2, -0.15) is 0 Å². The SMILES string of the molecule is O=c1[nH]c(-c2ccccn2)nc2c1CCN(Cc1cc(O)c(O)cc1O)C2. The number of rotatable bonds is 3. The van der Waals surface area contributed by atoms with Crippen LogP contribution in [0.3, 0.4) is 0 Å². The molecule has 3 heterocycles. The first kappa shape index (κ1) is 17.0. The number of benzene rings is 1. The van der Waals surface area contributed by atoms with Crippen molar-refractivity contribution in [2.45, 2.75) is 19.5 Å². The smallest absolute Gasteiger partial charge is 0.254 e. The molecule has 0 unspecified atom stereocenters. The summed E-state index contributed by atoms with van der Waals surface area (Å²) in [5, 5.41) is 29.1. The van der Waals surface area contributed by atoms with E-state index in [1.807, 2.05) is 11.0 Å². The second kappa shape index (κ2) is 6.73. The first-order chi connectivity index (χ1) is 13.0. The number of hydrogen-bond acceptors (Lipinski definition) is 7. The third-order valence-corrected chi connectivity index (χ3v) is 4.63. The van der Waals surface area contributed by atoms with Crippen molar-refractivity contribution in [2.75, 3.05) is 6.54 Å². The number of nitrogens with one attached hydrogen (secondary N) is 1. The van der Waals surface area contributed by atoms with Crippen LogP contribution < -0.4 is 5.56 Å². The van der Waals surface area contributed by atoms with E-state index in [0.717, 1.165) is 6.07 Å². The highest BCUT2D eigenvalue weighted by molar-refractivity contribution is 5.50. The highest BCUT2D eigenvalue weighted by Crippen LogP contribution is 2.33. The summed E-state index contributed by atoms with van der Waals surface area (Å²) in [6.45, 7) is 1.40. The predicted octanol–water partition coefficient (Wildman–Crippen LogP) is 1.51. The molecule has 0 radical (unpaired) electrons. The van der Waals surface area contributed by atoms with Crippen molar-refractivity contribution in [3.8, 4) is 28.8 Å². The Balaban J connectivity index is 1.62. The minimum atomic E-state index is -0.367. The number of fused-ring (bicyclic) bond motifs is 1. The van der Waals surface area contributed by atoms with Gasteiger partial charge in [-0.25, -0.2) is 4.98 Å². The van der Waals surface area contributed by atoms with Crippen LogP contribution in [-0.2, 0) is 19.5 Å². The van der Waals surface area contributed by atoms with E-state index >= 15 is 0 Å². The van der Waals surface area contributed by atoms with Crippen LogP contribution in [0.5, 0.6) is 17.2 Å². The van der Waals surface area contributed by atoms with E-state index in [0.29, 0.717) is 54.4 Å². The Morgan fingerprint density at radius 3 is 2.70 bits per heavy atom. The van der Waals surface area contributed by atoms with Crippen molar-refractivity contribution in [1.82, 2.24) is 19.9 Å². The summed E-state index contributed by atoms with van der Waals surface area (Å²) in [5.41, 5.74) is 2.25. The van der Waals surface area contributed by atoms with Crippen molar-refractivity contribution in [3.63, 3.8) is 0 Å². The molecule has 4 rings (SSSR count). The lowest BCUT2D eigenvalue weighted by atomic mass is 10.0. The Labute approximate surface area is 154 Å². The molecular weight excluding hydrogens is 348 g/mol. The van der Waals surface area contributed by atoms with Gasteiger partial charge in [-0.1, -0.05) is 6.07 Å². The van der Waals surface area contributed by atoms with Crippen LogP contribution in [-0.4, -0.2) is 41.7 Å². The summed E-state index contributed by atoms with van der Waals surface area (Å²) in [4.78, 5) is 26.0. The average molecular weight is 366 g/mol. The molecule has 8 nitrogen and oxygen atoms in total. The fourth-order valence-electron chi connectivity index (χ4n) is 3.23. The predicted molar refractivity (Wildman–Crippen MR) is 97.3 cm³/mol. The number of phenols is 3. The summed E-state index contributed by atoms with van der Waals surface area (Å²) in [6, 6.07) is 7.85. The zero-order valence-corrected chi connectivity index (χ0v) is 14.4. The lowest BCUT2D eigenvalue weighted by Gasteiger charge is -2.28. The van der Waals surface area contributed by atoms with Crippen LogP contribution >= 0.6 is 0 Å². The molecule has 1 aromatic carbocycles. The number of pyridine rings is 1. The molecule has 27 heavy (non-hydrogen) atoms. The van der Waals surface area contributed by atoms with Crippen molar-refractivity contribution in [2.24, 2.45) is 0 Å². The molecule has 8 heteroatoms. The summed E-state index contributed by atoms with van der Waals surface area (Å²) in [6.07, 6.45) is 2.17. The second-order valence-corrected chi connectivity index (χ2v) is 6.49. The van der Waals surface area contributed by atoms with Gasteiger partial charge < -0.3 is 20.3 Å². The van der Waals surface area contributed by atoms with E-state index in [2.05, 4.69) is 15.0 Å². The van der Waals surface area contributed by atoms with E-state index < -0.39 is 0 Å². The molecule has 0 fully saturated rings. The van der Waals surface area contributed by atoms with Gasteiger partial charge in [0.1, 0.15) is 11.4 Å². The summed E-state index contributed by atoms with van der Waals surface area (Å²) >= 11 is 0. The molecule has 138 valence electrons. The van der Waals surface area contributed by atoms with E-state index in [1.54, 1.807) is 18.3 Å². The molecule has 2 aromatic heterocycles. The minimum Gasteiger partial charge on any atom is -0.507 e. The number of aromatic hydroxyl groups is 3. The third-order valence-electron chi connectivity index (χ3n) is 4.63. The highest BCUT2D eigenvalue weighted by atomic mass is 16.3. The van der Waals surface area contributed by atoms with E-state index in [1.165, 1.54) is 6.07 Å². The quantitative estimate of drug-likeness (QED) is 0.409. The van der Waals surface area contributed by atoms with Crippen LogP contribution in [0.4, 0.5) is 0 Å². The average Bonchev–Trinajstić information content (AvgIpc) is 2.66. The molecule has 0 atom stereocenters. The summed E-state index contributed by atoms with van der Waals surface area (Å²) < 4.78 is 0. The summed E-state index contributed by atoms with van der Waals surface area (Å²) in [7, 11) is 0. The molecule has 0 saturated heterocycles. The van der Waals surface area contributed by atoms with Gasteiger partial charge in [0.25, 0.3) is 5.56 Å². The zero-order chi connectivity index (χ0) is 19.0. The molecule has 4 N–H and O–H groups in total. The van der Waals surface area contributed by atoms with E-state index in [9.17, 15) is 20.1 Å². The molecule has 0 amide bonds. The number of aromatic nitrogens is 3. The van der Waals surface area contributed by atoms with Gasteiger partial charge in [0.15, 0.2) is 17.3 Å². The summed E-state index contributed by atoms with van der Waals surface area (Å²) in [5.74, 6) is -0.323. The van der Waals surface area contributed by atoms with Crippen molar-refractivity contribution >= 4 is 0 Å². The molecule has 0 bridgehead atoms. The maximum atomic E-state index is 12.4. The number of phenolic OH excluding ortho intramolecular Hbond substituents is 3. The Kier molecular flexibility index (Phi) is 4.25. The van der Waals surface area contributed by atoms with Crippen LogP contribution in [0.1, 0.15) is 16.8 Å². The van der Waals surface area contributed by atoms with Crippen LogP contribution in [0.15, 0.2) is 41.3 Å². The second-order valence-electron chi connectivity index (χ2n) is 6.49. The topological polar surface area (TPSA) is 123 Å². The molecule has 0 spiro atoms. The van der Waals surface area contributed by atoms with E-state index in [-0.39, 0.29) is 22.8 Å². The fraction of sp³-hybridized carbons (Fsp3) is 0.211. The molecular formula is C19H18N4O4. The van der Waals surface area contributed by atoms with E-state index in [4.69, 9.17) is 0 Å². The Morgan fingerprint density at radius 1 is 1.11 bits per heavy atom. The monoisotopic (exact) mass is 366 g/mol. The number of nitrogens with zero attached hydrogens (tertiary/aromatic N) is 3. The number of hydrogen-bond donors (Lipinski definition) is 4. The first-order valence-electron chi connectivity index (χ1n) is 8.51. The van der Waals surface area contributed by atoms with Gasteiger partial charge in [0.2, 0.25) is 0 Å². The fourth-order valence-corrected chi connectivity index (χ4v) is 3.23. The maximum Gasteiger partial charge on any atom is 0.254 e. The van der Waals surface area contributed by atoms with Gasteiger partial charge in [-0.3, -0.25) is 14.7 Å². The zero-order valence-electron chi connectivity index (χ0n) is 14.4. The van der Waals surface area contributed by atoms with Crippen LogP contribution in [0.2, 0.25) is 0 Å². The standard InChI is InChI=1S/C19H18N4O4/c24-15-8-17(26)16(25)7-11(15)9-23-6-4-12-14(10-23)21-18(22-19(12)27)13-3-1-2-5-20-13/h1-3,5,7-8,24-26H,4,6,9-10H2,(H,21,22,27). The normalized spacial score (nSPS) is 14.1. The van der Waals surface area contributed by atoms with Gasteiger partial charge in [0, 0.05) is 43.0 Å². The molecule has 0 saturated carbocycles. The maximum absolute atomic E-state index is 12.4. The lowest BCUT2D eigenvalue weighted by Crippen LogP contribution is -2.35. The number of H-pyrrole nitrogens is 1. The van der Waals surface area contributed by atoms with Gasteiger partial charge in [-0.05, 0) is 24.6 Å². The lowest BCUT2D eigenvalue weighted by molar-refractivity contribution is 0.237. The van der Waals surface area contributed by atoms with Crippen molar-refractivity contribution < 1.29 is 15.3 Å². The van der Waals surface area contributed by atoms with Crippen molar-refractivity contribution in [3.05, 3.63) is 63.7 Å². The van der Waals surface area contributed by atoms with Gasteiger partial charge >= 0.3 is 0 Å². The molecule has 1 aliphatic rings. The Morgan fingerprint density at radius 2 is 1.93 bits per heavy atom. The van der Waals surface area contributed by atoms with Crippen LogP contribution in [0, 0.1) is 0 Å². The van der Waals surface area contributed by atoms with Gasteiger partial charge in [-0.15, -0.1) is 0 Å². The van der Waals surface area contributed by atoms with Gasteiger partial charge in [0.05, 0.1) is 5.69 Å². The van der Waals surface area contributed by atoms with Crippen molar-refractivity contribution in [1.29, 1.82) is 0 Å².